The molecule has 0 bridgehead atoms. The second-order valence-corrected chi connectivity index (χ2v) is 5.15. The monoisotopic (exact) mass is 302 g/mol. The third-order valence-electron chi connectivity index (χ3n) is 3.73. The first-order chi connectivity index (χ1) is 10.6. The minimum Gasteiger partial charge on any atom is -0.459 e. The summed E-state index contributed by atoms with van der Waals surface area (Å²) >= 11 is 0. The van der Waals surface area contributed by atoms with E-state index in [4.69, 9.17) is 4.42 Å². The maximum absolute atomic E-state index is 14.1. The molecular formula is C16H15FN2O3. The molecule has 1 unspecified atom stereocenters. The molecule has 1 fully saturated rings. The third kappa shape index (κ3) is 2.36. The molecule has 2 heterocycles. The predicted octanol–water partition coefficient (Wildman–Crippen LogP) is 2.04. The Balaban J connectivity index is 2.01. The largest absolute Gasteiger partial charge is 0.459 e. The molecule has 1 aliphatic rings. The molecule has 1 atom stereocenters. The average Bonchev–Trinajstić information content (AvgIpc) is 2.93. The van der Waals surface area contributed by atoms with Crippen molar-refractivity contribution < 1.29 is 18.4 Å². The van der Waals surface area contributed by atoms with E-state index in [2.05, 4.69) is 5.32 Å². The zero-order chi connectivity index (χ0) is 15.7. The number of hydrogen-bond acceptors (Lipinski definition) is 3. The molecular weight excluding hydrogens is 287 g/mol. The van der Waals surface area contributed by atoms with Gasteiger partial charge in [0.1, 0.15) is 11.9 Å². The van der Waals surface area contributed by atoms with Gasteiger partial charge in [0.2, 0.25) is 5.91 Å². The van der Waals surface area contributed by atoms with Gasteiger partial charge in [-0.25, -0.2) is 4.39 Å². The number of amides is 2. The number of hydrogen-bond donors (Lipinski definition) is 1. The molecule has 1 saturated heterocycles. The standard InChI is InChI=1S/C16H15FN2O3/c1-10-6-9-22-14(10)16(21)19-8-7-18-15(20)13(19)11-4-2-3-5-12(11)17/h2-6,9,13H,7-8H2,1H3,(H,18,20). The summed E-state index contributed by atoms with van der Waals surface area (Å²) in [5.74, 6) is -1.14. The molecule has 22 heavy (non-hydrogen) atoms. The number of aryl methyl sites for hydroxylation is 1. The van der Waals surface area contributed by atoms with Crippen LogP contribution in [0.3, 0.4) is 0 Å². The zero-order valence-electron chi connectivity index (χ0n) is 12.0. The Kier molecular flexibility index (Phi) is 3.66. The van der Waals surface area contributed by atoms with Gasteiger partial charge in [-0.05, 0) is 19.1 Å². The quantitative estimate of drug-likeness (QED) is 0.923. The van der Waals surface area contributed by atoms with Gasteiger partial charge in [-0.1, -0.05) is 18.2 Å². The van der Waals surface area contributed by atoms with Crippen molar-refractivity contribution in [1.29, 1.82) is 0 Å². The van der Waals surface area contributed by atoms with Gasteiger partial charge in [-0.3, -0.25) is 9.59 Å². The van der Waals surface area contributed by atoms with Gasteiger partial charge < -0.3 is 14.6 Å². The average molecular weight is 302 g/mol. The van der Waals surface area contributed by atoms with Gasteiger partial charge in [-0.2, -0.15) is 0 Å². The topological polar surface area (TPSA) is 62.6 Å². The van der Waals surface area contributed by atoms with Crippen molar-refractivity contribution in [2.75, 3.05) is 13.1 Å². The number of furan rings is 1. The summed E-state index contributed by atoms with van der Waals surface area (Å²) in [6.45, 7) is 2.37. The molecule has 0 aliphatic carbocycles. The van der Waals surface area contributed by atoms with Crippen LogP contribution in [0.5, 0.6) is 0 Å². The fraction of sp³-hybridized carbons (Fsp3) is 0.250. The van der Waals surface area contributed by atoms with Gasteiger partial charge in [0.25, 0.3) is 5.91 Å². The number of benzene rings is 1. The Bertz CT molecular complexity index is 726. The van der Waals surface area contributed by atoms with Gasteiger partial charge in [-0.15, -0.1) is 0 Å². The Morgan fingerprint density at radius 2 is 2.14 bits per heavy atom. The van der Waals surface area contributed by atoms with E-state index in [1.54, 1.807) is 25.1 Å². The van der Waals surface area contributed by atoms with Crippen molar-refractivity contribution in [3.63, 3.8) is 0 Å². The highest BCUT2D eigenvalue weighted by molar-refractivity contribution is 5.97. The summed E-state index contributed by atoms with van der Waals surface area (Å²) in [7, 11) is 0. The number of nitrogens with zero attached hydrogens (tertiary/aromatic N) is 1. The Morgan fingerprint density at radius 3 is 2.82 bits per heavy atom. The van der Waals surface area contributed by atoms with Crippen LogP contribution < -0.4 is 5.32 Å². The summed E-state index contributed by atoms with van der Waals surface area (Å²) in [4.78, 5) is 26.2. The molecule has 0 spiro atoms. The predicted molar refractivity (Wildman–Crippen MR) is 76.6 cm³/mol. The minimum absolute atomic E-state index is 0.177. The third-order valence-corrected chi connectivity index (χ3v) is 3.73. The maximum atomic E-state index is 14.1. The first-order valence-corrected chi connectivity index (χ1v) is 6.97. The SMILES string of the molecule is Cc1ccoc1C(=O)N1CCNC(=O)C1c1ccccc1F. The molecule has 1 aromatic carbocycles. The molecule has 3 rings (SSSR count). The van der Waals surface area contributed by atoms with Crippen LogP contribution in [0.2, 0.25) is 0 Å². The van der Waals surface area contributed by atoms with Gasteiger partial charge in [0.05, 0.1) is 6.26 Å². The number of rotatable bonds is 2. The van der Waals surface area contributed by atoms with E-state index in [-0.39, 0.29) is 11.3 Å². The lowest BCUT2D eigenvalue weighted by atomic mass is 10.0. The molecule has 2 aromatic rings. The van der Waals surface area contributed by atoms with Crippen LogP contribution >= 0.6 is 0 Å². The number of nitrogens with one attached hydrogen (secondary N) is 1. The first kappa shape index (κ1) is 14.3. The van der Waals surface area contributed by atoms with Gasteiger partial charge >= 0.3 is 0 Å². The van der Waals surface area contributed by atoms with Crippen molar-refractivity contribution in [2.45, 2.75) is 13.0 Å². The fourth-order valence-electron chi connectivity index (χ4n) is 2.61. The van der Waals surface area contributed by atoms with Crippen molar-refractivity contribution in [3.8, 4) is 0 Å². The second kappa shape index (κ2) is 5.63. The van der Waals surface area contributed by atoms with Crippen LogP contribution in [0.4, 0.5) is 4.39 Å². The van der Waals surface area contributed by atoms with Gasteiger partial charge in [0, 0.05) is 24.2 Å². The summed E-state index contributed by atoms with van der Waals surface area (Å²) in [5, 5.41) is 2.67. The smallest absolute Gasteiger partial charge is 0.290 e. The summed E-state index contributed by atoms with van der Waals surface area (Å²) in [6.07, 6.45) is 1.42. The molecule has 2 amide bonds. The highest BCUT2D eigenvalue weighted by Crippen LogP contribution is 2.27. The van der Waals surface area contributed by atoms with Crippen LogP contribution in [0.1, 0.15) is 27.7 Å². The highest BCUT2D eigenvalue weighted by Gasteiger charge is 2.37. The molecule has 5 nitrogen and oxygen atoms in total. The van der Waals surface area contributed by atoms with E-state index in [1.807, 2.05) is 0 Å². The summed E-state index contributed by atoms with van der Waals surface area (Å²) in [6, 6.07) is 6.66. The van der Waals surface area contributed by atoms with Crippen molar-refractivity contribution in [1.82, 2.24) is 10.2 Å². The Hall–Kier alpha value is -2.63. The summed E-state index contributed by atoms with van der Waals surface area (Å²) in [5.41, 5.74) is 0.862. The minimum atomic E-state index is -0.994. The van der Waals surface area contributed by atoms with Crippen molar-refractivity contribution in [2.24, 2.45) is 0 Å². The van der Waals surface area contributed by atoms with Gasteiger partial charge in [0.15, 0.2) is 5.76 Å². The van der Waals surface area contributed by atoms with Crippen LogP contribution in [0.25, 0.3) is 0 Å². The molecule has 0 saturated carbocycles. The molecule has 114 valence electrons. The normalized spacial score (nSPS) is 18.2. The maximum Gasteiger partial charge on any atom is 0.290 e. The lowest BCUT2D eigenvalue weighted by molar-refractivity contribution is -0.128. The van der Waals surface area contributed by atoms with Crippen LogP contribution in [-0.2, 0) is 4.79 Å². The summed E-state index contributed by atoms with van der Waals surface area (Å²) < 4.78 is 19.3. The highest BCUT2D eigenvalue weighted by atomic mass is 19.1. The molecule has 1 aliphatic heterocycles. The van der Waals surface area contributed by atoms with Crippen LogP contribution in [0.15, 0.2) is 41.0 Å². The number of piperazine rings is 1. The van der Waals surface area contributed by atoms with E-state index in [0.29, 0.717) is 18.7 Å². The Morgan fingerprint density at radius 1 is 1.36 bits per heavy atom. The van der Waals surface area contributed by atoms with E-state index < -0.39 is 23.7 Å². The Labute approximate surface area is 126 Å². The molecule has 1 aromatic heterocycles. The van der Waals surface area contributed by atoms with Crippen LogP contribution in [0, 0.1) is 12.7 Å². The number of carbonyl (C=O) groups is 2. The molecule has 6 heteroatoms. The van der Waals surface area contributed by atoms with Crippen molar-refractivity contribution >= 4 is 11.8 Å². The second-order valence-electron chi connectivity index (χ2n) is 5.15. The fourth-order valence-corrected chi connectivity index (χ4v) is 2.61. The number of halogens is 1. The lowest BCUT2D eigenvalue weighted by Crippen LogP contribution is -2.52. The lowest BCUT2D eigenvalue weighted by Gasteiger charge is -2.35. The van der Waals surface area contributed by atoms with E-state index in [1.165, 1.54) is 23.3 Å². The molecule has 1 N–H and O–H groups in total. The van der Waals surface area contributed by atoms with E-state index in [9.17, 15) is 14.0 Å². The first-order valence-electron chi connectivity index (χ1n) is 6.97. The molecule has 0 radical (unpaired) electrons. The number of carbonyl (C=O) groups excluding carboxylic acids is 2. The van der Waals surface area contributed by atoms with E-state index in [0.717, 1.165) is 0 Å². The van der Waals surface area contributed by atoms with Crippen LogP contribution in [-0.4, -0.2) is 29.8 Å². The van der Waals surface area contributed by atoms with Crippen molar-refractivity contribution in [3.05, 3.63) is 59.3 Å². The zero-order valence-corrected chi connectivity index (χ0v) is 12.0. The van der Waals surface area contributed by atoms with E-state index >= 15 is 0 Å².